The molecule has 5 fully saturated rings. The lowest BCUT2D eigenvalue weighted by Crippen LogP contribution is -2.56. The van der Waals surface area contributed by atoms with Crippen molar-refractivity contribution >= 4 is 5.91 Å². The molecule has 1 aliphatic heterocycles. The highest BCUT2D eigenvalue weighted by Gasteiger charge is 2.54. The van der Waals surface area contributed by atoms with Crippen LogP contribution in [0.1, 0.15) is 51.4 Å². The summed E-state index contributed by atoms with van der Waals surface area (Å²) in [6, 6.07) is 0. The standard InChI is InChI=1S/C17H27NO3/c19-15(18-11-17(20)1-3-21-4-2-17)16-8-12-5-13(9-16)7-14(6-12)10-16/h12-14,20H,1-11H2,(H,18,19). The Morgan fingerprint density at radius 1 is 1.05 bits per heavy atom. The van der Waals surface area contributed by atoms with Crippen LogP contribution in [0.25, 0.3) is 0 Å². The monoisotopic (exact) mass is 293 g/mol. The van der Waals surface area contributed by atoms with Crippen molar-refractivity contribution in [3.8, 4) is 0 Å². The molecule has 21 heavy (non-hydrogen) atoms. The van der Waals surface area contributed by atoms with Crippen LogP contribution >= 0.6 is 0 Å². The maximum Gasteiger partial charge on any atom is 0.226 e. The average Bonchev–Trinajstić information content (AvgIpc) is 2.44. The minimum atomic E-state index is -0.754. The molecule has 4 saturated carbocycles. The summed E-state index contributed by atoms with van der Waals surface area (Å²) in [5.74, 6) is 2.58. The second-order valence-electron chi connectivity index (χ2n) is 8.22. The molecule has 4 heteroatoms. The van der Waals surface area contributed by atoms with E-state index >= 15 is 0 Å². The zero-order valence-electron chi connectivity index (χ0n) is 12.8. The van der Waals surface area contributed by atoms with Crippen molar-refractivity contribution in [3.63, 3.8) is 0 Å². The van der Waals surface area contributed by atoms with Crippen molar-refractivity contribution in [1.29, 1.82) is 0 Å². The van der Waals surface area contributed by atoms with Crippen LogP contribution in [0.3, 0.4) is 0 Å². The van der Waals surface area contributed by atoms with E-state index in [4.69, 9.17) is 4.74 Å². The number of amides is 1. The van der Waals surface area contributed by atoms with Crippen LogP contribution in [0, 0.1) is 23.2 Å². The Morgan fingerprint density at radius 2 is 1.57 bits per heavy atom. The average molecular weight is 293 g/mol. The number of nitrogens with one attached hydrogen (secondary N) is 1. The lowest BCUT2D eigenvalue weighted by Gasteiger charge is -2.55. The van der Waals surface area contributed by atoms with Gasteiger partial charge in [-0.2, -0.15) is 0 Å². The molecule has 0 aromatic heterocycles. The predicted molar refractivity (Wildman–Crippen MR) is 78.6 cm³/mol. The van der Waals surface area contributed by atoms with Crippen molar-refractivity contribution in [2.75, 3.05) is 19.8 Å². The molecule has 5 aliphatic rings. The number of ether oxygens (including phenoxy) is 1. The SMILES string of the molecule is O=C(NCC1(O)CCOCC1)C12CC3CC(CC(C3)C1)C2. The van der Waals surface area contributed by atoms with Gasteiger partial charge in [-0.1, -0.05) is 0 Å². The molecule has 1 saturated heterocycles. The zero-order chi connectivity index (χ0) is 14.5. The van der Waals surface area contributed by atoms with Crippen LogP contribution in [0.5, 0.6) is 0 Å². The number of aliphatic hydroxyl groups is 1. The molecule has 4 aliphatic carbocycles. The summed E-state index contributed by atoms with van der Waals surface area (Å²) in [5.41, 5.74) is -0.855. The number of carbonyl (C=O) groups excluding carboxylic acids is 1. The minimum Gasteiger partial charge on any atom is -0.388 e. The molecule has 2 N–H and O–H groups in total. The second-order valence-corrected chi connectivity index (χ2v) is 8.22. The molecule has 0 atom stereocenters. The van der Waals surface area contributed by atoms with E-state index in [1.54, 1.807) is 0 Å². The fraction of sp³-hybridized carbons (Fsp3) is 0.941. The Hall–Kier alpha value is -0.610. The van der Waals surface area contributed by atoms with Crippen LogP contribution in [0.4, 0.5) is 0 Å². The molecule has 0 aromatic rings. The molecule has 118 valence electrons. The van der Waals surface area contributed by atoms with Gasteiger partial charge in [-0.05, 0) is 56.3 Å². The molecule has 0 radical (unpaired) electrons. The highest BCUT2D eigenvalue weighted by Crippen LogP contribution is 2.60. The summed E-state index contributed by atoms with van der Waals surface area (Å²) in [6.45, 7) is 1.60. The summed E-state index contributed by atoms with van der Waals surface area (Å²) in [5, 5.41) is 13.6. The van der Waals surface area contributed by atoms with Gasteiger partial charge >= 0.3 is 0 Å². The van der Waals surface area contributed by atoms with Gasteiger partial charge in [0.25, 0.3) is 0 Å². The van der Waals surface area contributed by atoms with Crippen molar-refractivity contribution in [1.82, 2.24) is 5.32 Å². The van der Waals surface area contributed by atoms with Gasteiger partial charge in [-0.25, -0.2) is 0 Å². The lowest BCUT2D eigenvalue weighted by atomic mass is 9.49. The summed E-state index contributed by atoms with van der Waals surface area (Å²) < 4.78 is 5.30. The summed E-state index contributed by atoms with van der Waals surface area (Å²) >= 11 is 0. The second kappa shape index (κ2) is 4.95. The molecule has 0 aromatic carbocycles. The lowest BCUT2D eigenvalue weighted by molar-refractivity contribution is -0.148. The van der Waals surface area contributed by atoms with Crippen LogP contribution in [0.15, 0.2) is 0 Å². The Kier molecular flexibility index (Phi) is 3.30. The largest absolute Gasteiger partial charge is 0.388 e. The zero-order valence-corrected chi connectivity index (χ0v) is 12.8. The first kappa shape index (κ1) is 14.0. The summed E-state index contributed by atoms with van der Waals surface area (Å²) in [6.07, 6.45) is 8.60. The normalized spacial score (nSPS) is 43.8. The third-order valence-corrected chi connectivity index (χ3v) is 6.52. The minimum absolute atomic E-state index is 0.101. The number of hydrogen-bond donors (Lipinski definition) is 2. The first-order valence-electron chi connectivity index (χ1n) is 8.65. The van der Waals surface area contributed by atoms with Crippen LogP contribution < -0.4 is 5.32 Å². The smallest absolute Gasteiger partial charge is 0.226 e. The van der Waals surface area contributed by atoms with Gasteiger partial charge in [0.15, 0.2) is 0 Å². The number of carbonyl (C=O) groups is 1. The van der Waals surface area contributed by atoms with E-state index < -0.39 is 5.60 Å². The topological polar surface area (TPSA) is 58.6 Å². The van der Waals surface area contributed by atoms with E-state index in [0.29, 0.717) is 32.6 Å². The van der Waals surface area contributed by atoms with E-state index in [1.165, 1.54) is 19.3 Å². The summed E-state index contributed by atoms with van der Waals surface area (Å²) in [7, 11) is 0. The van der Waals surface area contributed by atoms with E-state index in [-0.39, 0.29) is 11.3 Å². The first-order valence-corrected chi connectivity index (χ1v) is 8.65. The van der Waals surface area contributed by atoms with Crippen LogP contribution in [-0.2, 0) is 9.53 Å². The van der Waals surface area contributed by atoms with Crippen molar-refractivity contribution in [3.05, 3.63) is 0 Å². The molecule has 0 spiro atoms. The third-order valence-electron chi connectivity index (χ3n) is 6.52. The Bertz CT molecular complexity index is 392. The van der Waals surface area contributed by atoms with Gasteiger partial charge < -0.3 is 15.2 Å². The molecular weight excluding hydrogens is 266 g/mol. The molecule has 0 unspecified atom stereocenters. The van der Waals surface area contributed by atoms with Crippen molar-refractivity contribution < 1.29 is 14.6 Å². The van der Waals surface area contributed by atoms with Crippen molar-refractivity contribution in [2.45, 2.75) is 57.0 Å². The highest BCUT2D eigenvalue weighted by molar-refractivity contribution is 5.83. The van der Waals surface area contributed by atoms with Gasteiger partial charge in [0.2, 0.25) is 5.91 Å². The highest BCUT2D eigenvalue weighted by atomic mass is 16.5. The van der Waals surface area contributed by atoms with Crippen LogP contribution in [-0.4, -0.2) is 36.4 Å². The predicted octanol–water partition coefficient (Wildman–Crippen LogP) is 1.86. The maximum absolute atomic E-state index is 12.8. The fourth-order valence-electron chi connectivity index (χ4n) is 5.75. The van der Waals surface area contributed by atoms with Crippen LogP contribution in [0.2, 0.25) is 0 Å². The fourth-order valence-corrected chi connectivity index (χ4v) is 5.75. The molecule has 4 nitrogen and oxygen atoms in total. The van der Waals surface area contributed by atoms with E-state index in [2.05, 4.69) is 5.32 Å². The molecule has 4 bridgehead atoms. The Labute approximate surface area is 126 Å². The van der Waals surface area contributed by atoms with E-state index in [9.17, 15) is 9.90 Å². The molecule has 1 heterocycles. The Morgan fingerprint density at radius 3 is 2.10 bits per heavy atom. The maximum atomic E-state index is 12.8. The first-order chi connectivity index (χ1) is 10.1. The van der Waals surface area contributed by atoms with E-state index in [0.717, 1.165) is 37.0 Å². The van der Waals surface area contributed by atoms with Gasteiger partial charge in [-0.15, -0.1) is 0 Å². The van der Waals surface area contributed by atoms with E-state index in [1.807, 2.05) is 0 Å². The van der Waals surface area contributed by atoms with Gasteiger partial charge in [-0.3, -0.25) is 4.79 Å². The molecular formula is C17H27NO3. The molecule has 1 amide bonds. The van der Waals surface area contributed by atoms with Gasteiger partial charge in [0.05, 0.1) is 5.60 Å². The summed E-state index contributed by atoms with van der Waals surface area (Å²) in [4.78, 5) is 12.8. The number of hydrogen-bond acceptors (Lipinski definition) is 3. The molecule has 5 rings (SSSR count). The number of rotatable bonds is 3. The quantitative estimate of drug-likeness (QED) is 0.835. The van der Waals surface area contributed by atoms with Crippen molar-refractivity contribution in [2.24, 2.45) is 23.2 Å². The Balaban J connectivity index is 1.41. The van der Waals surface area contributed by atoms with Gasteiger partial charge in [0, 0.05) is 38.0 Å². The third kappa shape index (κ3) is 2.50. The van der Waals surface area contributed by atoms with Gasteiger partial charge in [0.1, 0.15) is 0 Å².